The van der Waals surface area contributed by atoms with Gasteiger partial charge in [0, 0.05) is 17.7 Å². The molecule has 0 fully saturated rings. The molecule has 0 radical (unpaired) electrons. The van der Waals surface area contributed by atoms with Crippen molar-refractivity contribution < 1.29 is 24.0 Å². The predicted molar refractivity (Wildman–Crippen MR) is 94.9 cm³/mol. The second kappa shape index (κ2) is 7.77. The van der Waals surface area contributed by atoms with Crippen LogP contribution in [0.2, 0.25) is 0 Å². The second-order valence-corrected chi connectivity index (χ2v) is 5.89. The lowest BCUT2D eigenvalue weighted by atomic mass is 9.98. The molecule has 0 heterocycles. The number of aryl methyl sites for hydroxylation is 3. The maximum Gasteiger partial charge on any atom is 0.342 e. The van der Waals surface area contributed by atoms with Gasteiger partial charge in [-0.25, -0.2) is 4.79 Å². The quantitative estimate of drug-likeness (QED) is 0.339. The third-order valence-corrected chi connectivity index (χ3v) is 4.09. The molecule has 0 amide bonds. The van der Waals surface area contributed by atoms with Crippen LogP contribution in [0.4, 0.5) is 5.69 Å². The minimum absolute atomic E-state index is 0.105. The molecule has 0 aliphatic rings. The summed E-state index contributed by atoms with van der Waals surface area (Å²) in [6.07, 6.45) is 0. The molecular weight excluding hydrogens is 338 g/mol. The van der Waals surface area contributed by atoms with Gasteiger partial charge in [0.25, 0.3) is 5.69 Å². The molecule has 0 saturated heterocycles. The number of ketones is 1. The molecule has 0 aromatic heterocycles. The fourth-order valence-corrected chi connectivity index (χ4v) is 2.52. The van der Waals surface area contributed by atoms with Crippen molar-refractivity contribution in [2.24, 2.45) is 0 Å². The summed E-state index contributed by atoms with van der Waals surface area (Å²) in [5, 5.41) is 10.9. The van der Waals surface area contributed by atoms with Crippen LogP contribution in [0.15, 0.2) is 30.3 Å². The Kier molecular flexibility index (Phi) is 5.71. The first-order chi connectivity index (χ1) is 12.2. The molecule has 0 atom stereocenters. The third-order valence-electron chi connectivity index (χ3n) is 4.09. The van der Waals surface area contributed by atoms with E-state index in [1.54, 1.807) is 6.07 Å². The largest absolute Gasteiger partial charge is 0.496 e. The molecule has 2 aromatic rings. The van der Waals surface area contributed by atoms with E-state index in [1.807, 2.05) is 26.8 Å². The van der Waals surface area contributed by atoms with E-state index < -0.39 is 17.5 Å². The number of hydrogen-bond donors (Lipinski definition) is 0. The van der Waals surface area contributed by atoms with Gasteiger partial charge < -0.3 is 9.47 Å². The van der Waals surface area contributed by atoms with Crippen molar-refractivity contribution in [3.63, 3.8) is 0 Å². The SMILES string of the molecule is COc1ccc([N+](=O)[O-])cc1C(=O)OCC(=O)c1cc(C)c(C)cc1C. The Morgan fingerprint density at radius 3 is 2.27 bits per heavy atom. The summed E-state index contributed by atoms with van der Waals surface area (Å²) >= 11 is 0. The van der Waals surface area contributed by atoms with Crippen LogP contribution in [0.5, 0.6) is 5.75 Å². The Balaban J connectivity index is 2.18. The highest BCUT2D eigenvalue weighted by molar-refractivity contribution is 6.01. The van der Waals surface area contributed by atoms with Crippen LogP contribution in [0.25, 0.3) is 0 Å². The standard InChI is InChI=1S/C19H19NO6/c1-11-7-13(3)15(8-12(11)2)17(21)10-26-19(22)16-9-14(20(23)24)5-6-18(16)25-4/h5-9H,10H2,1-4H3. The number of carbonyl (C=O) groups is 2. The summed E-state index contributed by atoms with van der Waals surface area (Å²) in [4.78, 5) is 34.9. The van der Waals surface area contributed by atoms with Gasteiger partial charge in [0.15, 0.2) is 6.61 Å². The highest BCUT2D eigenvalue weighted by Crippen LogP contribution is 2.25. The summed E-state index contributed by atoms with van der Waals surface area (Å²) in [5.41, 5.74) is 2.93. The Labute approximate surface area is 150 Å². The zero-order valence-electron chi connectivity index (χ0n) is 15.0. The van der Waals surface area contributed by atoms with Gasteiger partial charge in [0.2, 0.25) is 5.78 Å². The van der Waals surface area contributed by atoms with Gasteiger partial charge >= 0.3 is 5.97 Å². The third kappa shape index (κ3) is 4.05. The van der Waals surface area contributed by atoms with E-state index in [1.165, 1.54) is 19.2 Å². The smallest absolute Gasteiger partial charge is 0.342 e. The van der Waals surface area contributed by atoms with Gasteiger partial charge in [0.05, 0.1) is 12.0 Å². The molecule has 2 aromatic carbocycles. The van der Waals surface area contributed by atoms with Gasteiger partial charge in [0.1, 0.15) is 11.3 Å². The number of esters is 1. The van der Waals surface area contributed by atoms with Crippen LogP contribution >= 0.6 is 0 Å². The maximum absolute atomic E-state index is 12.4. The molecule has 0 bridgehead atoms. The van der Waals surface area contributed by atoms with Gasteiger partial charge in [-0.3, -0.25) is 14.9 Å². The number of rotatable bonds is 6. The number of benzene rings is 2. The van der Waals surface area contributed by atoms with Crippen LogP contribution in [0.3, 0.4) is 0 Å². The van der Waals surface area contributed by atoms with E-state index in [-0.39, 0.29) is 22.8 Å². The molecule has 136 valence electrons. The summed E-state index contributed by atoms with van der Waals surface area (Å²) in [6.45, 7) is 5.19. The van der Waals surface area contributed by atoms with Crippen LogP contribution in [-0.2, 0) is 4.74 Å². The highest BCUT2D eigenvalue weighted by atomic mass is 16.6. The number of nitro groups is 1. The molecule has 26 heavy (non-hydrogen) atoms. The zero-order chi connectivity index (χ0) is 19.4. The van der Waals surface area contributed by atoms with E-state index in [4.69, 9.17) is 9.47 Å². The van der Waals surface area contributed by atoms with Crippen molar-refractivity contribution in [2.75, 3.05) is 13.7 Å². The number of nitrogens with zero attached hydrogens (tertiary/aromatic N) is 1. The number of ether oxygens (including phenoxy) is 2. The number of Topliss-reactive ketones (excluding diaryl/α,β-unsaturated/α-hetero) is 1. The highest BCUT2D eigenvalue weighted by Gasteiger charge is 2.20. The molecule has 0 saturated carbocycles. The number of hydrogen-bond acceptors (Lipinski definition) is 6. The minimum atomic E-state index is -0.861. The fourth-order valence-electron chi connectivity index (χ4n) is 2.52. The number of nitro benzene ring substituents is 1. The first kappa shape index (κ1) is 19.1. The van der Waals surface area contributed by atoms with E-state index in [0.29, 0.717) is 5.56 Å². The summed E-state index contributed by atoms with van der Waals surface area (Å²) < 4.78 is 10.1. The van der Waals surface area contributed by atoms with Crippen molar-refractivity contribution in [1.82, 2.24) is 0 Å². The molecule has 0 aliphatic heterocycles. The van der Waals surface area contributed by atoms with E-state index in [0.717, 1.165) is 22.8 Å². The van der Waals surface area contributed by atoms with Crippen molar-refractivity contribution >= 4 is 17.4 Å². The zero-order valence-corrected chi connectivity index (χ0v) is 15.0. The summed E-state index contributed by atoms with van der Waals surface area (Å²) in [7, 11) is 1.33. The number of carbonyl (C=O) groups excluding carboxylic acids is 2. The monoisotopic (exact) mass is 357 g/mol. The van der Waals surface area contributed by atoms with Gasteiger partial charge in [-0.1, -0.05) is 6.07 Å². The van der Waals surface area contributed by atoms with Crippen molar-refractivity contribution in [2.45, 2.75) is 20.8 Å². The molecule has 0 spiro atoms. The molecule has 7 heteroatoms. The van der Waals surface area contributed by atoms with Crippen LogP contribution in [0, 0.1) is 30.9 Å². The van der Waals surface area contributed by atoms with Crippen molar-refractivity contribution in [3.05, 3.63) is 68.3 Å². The van der Waals surface area contributed by atoms with E-state index >= 15 is 0 Å². The topological polar surface area (TPSA) is 95.7 Å². The van der Waals surface area contributed by atoms with Crippen LogP contribution in [0.1, 0.15) is 37.4 Å². The predicted octanol–water partition coefficient (Wildman–Crippen LogP) is 3.57. The number of non-ortho nitro benzene ring substituents is 1. The normalized spacial score (nSPS) is 10.3. The average Bonchev–Trinajstić information content (AvgIpc) is 2.61. The van der Waals surface area contributed by atoms with E-state index in [9.17, 15) is 19.7 Å². The summed E-state index contributed by atoms with van der Waals surface area (Å²) in [5.74, 6) is -1.07. The lowest BCUT2D eigenvalue weighted by Gasteiger charge is -2.11. The molecule has 0 N–H and O–H groups in total. The van der Waals surface area contributed by atoms with E-state index in [2.05, 4.69) is 0 Å². The molecule has 0 aliphatic carbocycles. The second-order valence-electron chi connectivity index (χ2n) is 5.89. The van der Waals surface area contributed by atoms with Crippen LogP contribution in [-0.4, -0.2) is 30.4 Å². The van der Waals surface area contributed by atoms with Crippen molar-refractivity contribution in [1.29, 1.82) is 0 Å². The molecule has 2 rings (SSSR count). The maximum atomic E-state index is 12.4. The molecule has 7 nitrogen and oxygen atoms in total. The Morgan fingerprint density at radius 1 is 1.00 bits per heavy atom. The van der Waals surface area contributed by atoms with Gasteiger partial charge in [-0.15, -0.1) is 0 Å². The molecular formula is C19H19NO6. The lowest BCUT2D eigenvalue weighted by Crippen LogP contribution is -2.16. The number of methoxy groups -OCH3 is 1. The van der Waals surface area contributed by atoms with Crippen LogP contribution < -0.4 is 4.74 Å². The Hall–Kier alpha value is -3.22. The minimum Gasteiger partial charge on any atom is -0.496 e. The Morgan fingerprint density at radius 2 is 1.65 bits per heavy atom. The summed E-state index contributed by atoms with van der Waals surface area (Å²) in [6, 6.07) is 7.25. The average molecular weight is 357 g/mol. The van der Waals surface area contributed by atoms with Crippen molar-refractivity contribution in [3.8, 4) is 5.75 Å². The first-order valence-electron chi connectivity index (χ1n) is 7.85. The van der Waals surface area contributed by atoms with Gasteiger partial charge in [-0.05, 0) is 49.6 Å². The fraction of sp³-hybridized carbons (Fsp3) is 0.263. The lowest BCUT2D eigenvalue weighted by molar-refractivity contribution is -0.384. The Bertz CT molecular complexity index is 888. The molecule has 0 unspecified atom stereocenters. The first-order valence-corrected chi connectivity index (χ1v) is 7.85. The van der Waals surface area contributed by atoms with Gasteiger partial charge in [-0.2, -0.15) is 0 Å².